The Hall–Kier alpha value is 1.90. The first kappa shape index (κ1) is 63.1. The summed E-state index contributed by atoms with van der Waals surface area (Å²) in [5, 5.41) is 7.00. The molecular weight excluding hydrogens is 840 g/mol. The molecular formula is C21H39N3W2Y2-6. The summed E-state index contributed by atoms with van der Waals surface area (Å²) in [7, 11) is 8.50. The second kappa shape index (κ2) is 89.0. The molecule has 0 aliphatic heterocycles. The van der Waals surface area contributed by atoms with Gasteiger partial charge in [0, 0.05) is 108 Å². The minimum Gasteiger partial charge on any atom is -0.668 e. The van der Waals surface area contributed by atoms with Crippen LogP contribution in [0, 0.1) is 24.3 Å². The molecule has 162 valence electrons. The van der Waals surface area contributed by atoms with E-state index < -0.39 is 0 Å². The summed E-state index contributed by atoms with van der Waals surface area (Å²) in [5.74, 6) is 0. The maximum Gasteiger partial charge on any atom is 0 e. The molecule has 0 fully saturated rings. The van der Waals surface area contributed by atoms with Gasteiger partial charge in [0.25, 0.3) is 0 Å². The average molecular weight is 879 g/mol. The second-order valence-electron chi connectivity index (χ2n) is 2.89. The van der Waals surface area contributed by atoms with Crippen LogP contribution in [0.15, 0.2) is 48.5 Å². The number of benzene rings is 2. The molecule has 0 amide bonds. The van der Waals surface area contributed by atoms with Crippen molar-refractivity contribution >= 4 is 0 Å². The van der Waals surface area contributed by atoms with Crippen LogP contribution in [-0.4, -0.2) is 35.2 Å². The van der Waals surface area contributed by atoms with Crippen LogP contribution in [0.5, 0.6) is 0 Å². The van der Waals surface area contributed by atoms with Crippen LogP contribution in [0.4, 0.5) is 0 Å². The smallest absolute Gasteiger partial charge is 0 e. The van der Waals surface area contributed by atoms with Crippen molar-refractivity contribution in [2.45, 2.75) is 28.7 Å². The summed E-state index contributed by atoms with van der Waals surface area (Å²) < 4.78 is 0. The maximum absolute atomic E-state index is 4.50. The summed E-state index contributed by atoms with van der Waals surface area (Å²) >= 11 is 0. The van der Waals surface area contributed by atoms with E-state index in [0.717, 1.165) is 0 Å². The average Bonchev–Trinajstić information content (AvgIpc) is 2.63. The van der Waals surface area contributed by atoms with Gasteiger partial charge in [0.2, 0.25) is 0 Å². The fraction of sp³-hybridized carbons (Fsp3) is 0.429. The molecule has 2 aromatic carbocycles. The third-order valence-electron chi connectivity index (χ3n) is 1.10. The van der Waals surface area contributed by atoms with Gasteiger partial charge in [-0.25, -0.2) is 0 Å². The van der Waals surface area contributed by atoms with Crippen LogP contribution in [-0.2, 0) is 108 Å². The van der Waals surface area contributed by atoms with E-state index in [-0.39, 0.29) is 122 Å². The minimum atomic E-state index is 0. The minimum absolute atomic E-state index is 0. The van der Waals surface area contributed by atoms with E-state index in [4.69, 9.17) is 0 Å². The van der Waals surface area contributed by atoms with Gasteiger partial charge in [-0.2, -0.15) is 28.2 Å². The molecule has 0 bridgehead atoms. The molecule has 0 heterocycles. The predicted molar refractivity (Wildman–Crippen MR) is 114 cm³/mol. The van der Waals surface area contributed by atoms with Gasteiger partial charge in [0.05, 0.1) is 0 Å². The van der Waals surface area contributed by atoms with E-state index in [1.165, 1.54) is 7.05 Å². The molecule has 2 aromatic rings. The molecule has 0 aromatic heterocycles. The largest absolute Gasteiger partial charge is 0.668 e. The zero-order valence-corrected chi connectivity index (χ0v) is 28.6. The van der Waals surface area contributed by atoms with E-state index in [2.05, 4.69) is 40.6 Å². The Balaban J connectivity index is -0.0000000176. The Morgan fingerprint density at radius 2 is 0.571 bits per heavy atom. The third-order valence-corrected chi connectivity index (χ3v) is 1.10. The van der Waals surface area contributed by atoms with E-state index in [1.807, 2.05) is 62.4 Å². The fourth-order valence-electron chi connectivity index (χ4n) is 0.607. The second-order valence-corrected chi connectivity index (χ2v) is 2.89. The summed E-state index contributed by atoms with van der Waals surface area (Å²) in [6, 6.07) is 26.0. The number of rotatable bonds is 0. The Labute approximate surface area is 257 Å². The first-order chi connectivity index (χ1) is 10.8. The van der Waals surface area contributed by atoms with Gasteiger partial charge in [-0.05, 0) is 7.05 Å². The number of hydrogen-bond acceptors (Lipinski definition) is 1. The SMILES string of the molecule is C.C.CC.CN.C[N-]C.C[N-]C.[W].[W].[Y].[Y].[c-]1cc[c-]cc1.[c-]1cc[c-]cc1. The summed E-state index contributed by atoms with van der Waals surface area (Å²) in [6.07, 6.45) is 0. The van der Waals surface area contributed by atoms with Crippen molar-refractivity contribution in [3.8, 4) is 0 Å². The van der Waals surface area contributed by atoms with Crippen LogP contribution in [0.25, 0.3) is 10.6 Å². The normalized spacial score (nSPS) is 5.14. The molecule has 0 unspecified atom stereocenters. The van der Waals surface area contributed by atoms with Gasteiger partial charge < -0.3 is 40.6 Å². The molecule has 0 aliphatic rings. The molecule has 2 rings (SSSR count). The Morgan fingerprint density at radius 1 is 0.500 bits per heavy atom. The van der Waals surface area contributed by atoms with E-state index in [1.54, 1.807) is 28.2 Å². The molecule has 3 nitrogen and oxygen atoms in total. The predicted octanol–water partition coefficient (Wildman–Crippen LogP) is 5.68. The van der Waals surface area contributed by atoms with Gasteiger partial charge in [-0.1, -0.05) is 28.7 Å². The molecule has 0 aliphatic carbocycles. The summed E-state index contributed by atoms with van der Waals surface area (Å²) in [4.78, 5) is 0. The quantitative estimate of drug-likeness (QED) is 0.341. The molecule has 28 heavy (non-hydrogen) atoms. The summed E-state index contributed by atoms with van der Waals surface area (Å²) in [6.45, 7) is 4.00. The van der Waals surface area contributed by atoms with Gasteiger partial charge in [-0.15, -0.1) is 0 Å². The fourth-order valence-corrected chi connectivity index (χ4v) is 0.607. The monoisotopic (exact) mass is 879 g/mol. The van der Waals surface area contributed by atoms with Crippen LogP contribution in [0.3, 0.4) is 0 Å². The third kappa shape index (κ3) is 104. The van der Waals surface area contributed by atoms with Gasteiger partial charge in [0.1, 0.15) is 0 Å². The van der Waals surface area contributed by atoms with Crippen molar-refractivity contribution in [1.29, 1.82) is 0 Å². The van der Waals surface area contributed by atoms with E-state index in [9.17, 15) is 0 Å². The summed E-state index contributed by atoms with van der Waals surface area (Å²) in [5.41, 5.74) is 4.50. The molecule has 0 spiro atoms. The van der Waals surface area contributed by atoms with E-state index >= 15 is 0 Å². The molecule has 0 atom stereocenters. The first-order valence-corrected chi connectivity index (χ1v) is 7.01. The zero-order valence-electron chi connectivity index (χ0n) is 17.1. The van der Waals surface area contributed by atoms with E-state index in [0.29, 0.717) is 0 Å². The molecule has 2 radical (unpaired) electrons. The van der Waals surface area contributed by atoms with Crippen LogP contribution in [0.2, 0.25) is 0 Å². The van der Waals surface area contributed by atoms with Crippen LogP contribution in [0.1, 0.15) is 28.7 Å². The topological polar surface area (TPSA) is 54.2 Å². The van der Waals surface area contributed by atoms with Crippen molar-refractivity contribution in [2.75, 3.05) is 35.2 Å². The van der Waals surface area contributed by atoms with Gasteiger partial charge >= 0.3 is 0 Å². The Morgan fingerprint density at radius 3 is 0.607 bits per heavy atom. The van der Waals surface area contributed by atoms with Gasteiger partial charge in [0.15, 0.2) is 0 Å². The number of nitrogens with two attached hydrogens (primary N) is 1. The van der Waals surface area contributed by atoms with Crippen LogP contribution >= 0.6 is 0 Å². The van der Waals surface area contributed by atoms with Crippen molar-refractivity contribution in [2.24, 2.45) is 5.73 Å². The number of nitrogens with zero attached hydrogens (tertiary/aromatic N) is 2. The van der Waals surface area contributed by atoms with Crippen molar-refractivity contribution in [3.63, 3.8) is 0 Å². The Kier molecular flexibility index (Phi) is 200. The molecule has 2 N–H and O–H groups in total. The van der Waals surface area contributed by atoms with Crippen molar-refractivity contribution in [1.82, 2.24) is 0 Å². The van der Waals surface area contributed by atoms with Crippen LogP contribution < -0.4 is 5.73 Å². The number of hydrogen-bond donors (Lipinski definition) is 1. The molecule has 7 heteroatoms. The molecule has 0 saturated heterocycles. The van der Waals surface area contributed by atoms with Crippen molar-refractivity contribution < 1.29 is 108 Å². The molecule has 0 saturated carbocycles. The Bertz CT molecular complexity index is 233. The maximum atomic E-state index is 4.50. The standard InChI is InChI=1S/2C6H4.2C2H6N.C2H6.CH5N.2CH4.2W.2Y/c2*1-2-4-6-5-3-1;2*1-3-2;2*1-2;;;;;;/h2*1-2,5-6H;2*1-2H3;1-2H3;2H2,1H3;2*1H4;;;;/q2*-2;2*-1;;;;;;;;. The van der Waals surface area contributed by atoms with Crippen molar-refractivity contribution in [3.05, 3.63) is 83.4 Å². The van der Waals surface area contributed by atoms with Gasteiger partial charge in [-0.3, -0.25) is 48.5 Å². The first-order valence-electron chi connectivity index (χ1n) is 7.01. The zero-order chi connectivity index (χ0) is 17.9.